The number of nitrogens with one attached hydrogen (secondary N) is 1. The minimum Gasteiger partial charge on any atom is -0.468 e. The lowest BCUT2D eigenvalue weighted by atomic mass is 10.0. The van der Waals surface area contributed by atoms with Crippen molar-refractivity contribution >= 4 is 17.8 Å². The van der Waals surface area contributed by atoms with Crippen LogP contribution in [0.5, 0.6) is 0 Å². The average molecular weight is 302 g/mol. The number of methoxy groups -OCH3 is 2. The van der Waals surface area contributed by atoms with Crippen molar-refractivity contribution in [2.45, 2.75) is 33.2 Å². The van der Waals surface area contributed by atoms with E-state index in [0.717, 1.165) is 0 Å². The zero-order valence-corrected chi connectivity index (χ0v) is 13.5. The van der Waals surface area contributed by atoms with Crippen molar-refractivity contribution in [1.82, 2.24) is 10.2 Å². The van der Waals surface area contributed by atoms with E-state index < -0.39 is 18.0 Å². The number of carbonyl (C=O) groups is 3. The molecule has 0 fully saturated rings. The maximum Gasteiger partial charge on any atom is 0.328 e. The molecule has 0 saturated carbocycles. The second kappa shape index (κ2) is 10.1. The highest BCUT2D eigenvalue weighted by Crippen LogP contribution is 2.06. The second-order valence-corrected chi connectivity index (χ2v) is 5.15. The van der Waals surface area contributed by atoms with Gasteiger partial charge in [0.1, 0.15) is 6.04 Å². The second-order valence-electron chi connectivity index (χ2n) is 5.15. The molecule has 1 unspecified atom stereocenters. The van der Waals surface area contributed by atoms with E-state index >= 15 is 0 Å². The van der Waals surface area contributed by atoms with Crippen molar-refractivity contribution in [3.8, 4) is 0 Å². The van der Waals surface area contributed by atoms with E-state index in [1.807, 2.05) is 20.8 Å². The molecule has 0 aromatic heterocycles. The van der Waals surface area contributed by atoms with Crippen LogP contribution in [0.1, 0.15) is 27.2 Å². The van der Waals surface area contributed by atoms with Gasteiger partial charge in [0.2, 0.25) is 5.91 Å². The van der Waals surface area contributed by atoms with Crippen molar-refractivity contribution in [1.29, 1.82) is 0 Å². The fraction of sp³-hybridized carbons (Fsp3) is 0.786. The van der Waals surface area contributed by atoms with Crippen LogP contribution in [0.3, 0.4) is 0 Å². The number of likely N-dealkylation sites (N-methyl/N-ethyl adjacent to an activating group) is 1. The molecule has 7 nitrogen and oxygen atoms in total. The number of hydrogen-bond acceptors (Lipinski definition) is 6. The highest BCUT2D eigenvalue weighted by Gasteiger charge is 2.23. The number of ether oxygens (including phenoxy) is 2. The summed E-state index contributed by atoms with van der Waals surface area (Å²) in [7, 11) is 2.59. The van der Waals surface area contributed by atoms with Crippen LogP contribution in [0.25, 0.3) is 0 Å². The van der Waals surface area contributed by atoms with Crippen molar-refractivity contribution in [2.24, 2.45) is 5.92 Å². The van der Waals surface area contributed by atoms with E-state index in [-0.39, 0.29) is 24.9 Å². The third-order valence-electron chi connectivity index (χ3n) is 2.92. The number of rotatable bonds is 9. The van der Waals surface area contributed by atoms with Gasteiger partial charge in [-0.3, -0.25) is 14.5 Å². The zero-order valence-electron chi connectivity index (χ0n) is 13.5. The number of hydrogen-bond donors (Lipinski definition) is 1. The summed E-state index contributed by atoms with van der Waals surface area (Å²) in [6, 6.07) is -0.667. The van der Waals surface area contributed by atoms with Gasteiger partial charge in [0.05, 0.1) is 27.3 Å². The van der Waals surface area contributed by atoms with Gasteiger partial charge >= 0.3 is 11.9 Å². The molecule has 0 saturated heterocycles. The van der Waals surface area contributed by atoms with Gasteiger partial charge in [-0.25, -0.2) is 4.79 Å². The lowest BCUT2D eigenvalue weighted by molar-refractivity contribution is -0.146. The summed E-state index contributed by atoms with van der Waals surface area (Å²) >= 11 is 0. The Hall–Kier alpha value is -1.63. The van der Waals surface area contributed by atoms with Gasteiger partial charge in [0.15, 0.2) is 0 Å². The lowest BCUT2D eigenvalue weighted by Crippen LogP contribution is -2.47. The Bertz CT molecular complexity index is 357. The molecule has 0 heterocycles. The molecule has 0 aliphatic heterocycles. The third-order valence-corrected chi connectivity index (χ3v) is 2.92. The summed E-state index contributed by atoms with van der Waals surface area (Å²) in [6.45, 7) is 6.33. The molecule has 21 heavy (non-hydrogen) atoms. The molecule has 0 aromatic rings. The maximum atomic E-state index is 12.0. The van der Waals surface area contributed by atoms with Crippen LogP contribution >= 0.6 is 0 Å². The van der Waals surface area contributed by atoms with Crippen molar-refractivity contribution in [2.75, 3.05) is 33.9 Å². The molecule has 0 aromatic carbocycles. The standard InChI is InChI=1S/C14H26N2O5/c1-6-16(9-13(18)20-4)8-12(17)15-11(7-10(2)3)14(19)21-5/h10-11H,6-9H2,1-5H3,(H,15,17). The van der Waals surface area contributed by atoms with Crippen LogP contribution in [0.2, 0.25) is 0 Å². The predicted molar refractivity (Wildman–Crippen MR) is 77.5 cm³/mol. The first-order chi connectivity index (χ1) is 9.83. The molecule has 1 amide bonds. The minimum atomic E-state index is -0.667. The number of amides is 1. The summed E-state index contributed by atoms with van der Waals surface area (Å²) in [4.78, 5) is 36.5. The molecular weight excluding hydrogens is 276 g/mol. The van der Waals surface area contributed by atoms with Gasteiger partial charge in [0.25, 0.3) is 0 Å². The molecule has 0 bridgehead atoms. The van der Waals surface area contributed by atoms with E-state index in [1.54, 1.807) is 4.90 Å². The lowest BCUT2D eigenvalue weighted by Gasteiger charge is -2.22. The van der Waals surface area contributed by atoms with E-state index in [0.29, 0.717) is 13.0 Å². The molecule has 1 N–H and O–H groups in total. The van der Waals surface area contributed by atoms with Crippen molar-refractivity contribution in [3.05, 3.63) is 0 Å². The minimum absolute atomic E-state index is 0.0250. The zero-order chi connectivity index (χ0) is 16.4. The van der Waals surface area contributed by atoms with Gasteiger partial charge in [-0.2, -0.15) is 0 Å². The largest absolute Gasteiger partial charge is 0.468 e. The van der Waals surface area contributed by atoms with Crippen molar-refractivity contribution < 1.29 is 23.9 Å². The summed E-state index contributed by atoms with van der Waals surface area (Å²) in [6.07, 6.45) is 0.502. The predicted octanol–water partition coefficient (Wildman–Crippen LogP) is 0.185. The fourth-order valence-electron chi connectivity index (χ4n) is 1.80. The molecule has 0 radical (unpaired) electrons. The van der Waals surface area contributed by atoms with Crippen LogP contribution in [0.15, 0.2) is 0 Å². The monoisotopic (exact) mass is 302 g/mol. The SMILES string of the molecule is CCN(CC(=O)NC(CC(C)C)C(=O)OC)CC(=O)OC. The maximum absolute atomic E-state index is 12.0. The molecule has 122 valence electrons. The van der Waals surface area contributed by atoms with E-state index in [4.69, 9.17) is 0 Å². The molecule has 0 aliphatic rings. The van der Waals surface area contributed by atoms with E-state index in [2.05, 4.69) is 14.8 Å². The first kappa shape index (κ1) is 19.4. The van der Waals surface area contributed by atoms with Crippen LogP contribution in [0.4, 0.5) is 0 Å². The Morgan fingerprint density at radius 3 is 2.14 bits per heavy atom. The highest BCUT2D eigenvalue weighted by atomic mass is 16.5. The van der Waals surface area contributed by atoms with Gasteiger partial charge in [-0.1, -0.05) is 20.8 Å². The topological polar surface area (TPSA) is 84.9 Å². The average Bonchev–Trinajstić information content (AvgIpc) is 2.44. The molecule has 0 rings (SSSR count). The Kier molecular flexibility index (Phi) is 9.36. The smallest absolute Gasteiger partial charge is 0.328 e. The van der Waals surface area contributed by atoms with Gasteiger partial charge in [0, 0.05) is 0 Å². The molecule has 1 atom stereocenters. The van der Waals surface area contributed by atoms with E-state index in [1.165, 1.54) is 14.2 Å². The molecule has 0 spiro atoms. The quantitative estimate of drug-likeness (QED) is 0.612. The summed E-state index contributed by atoms with van der Waals surface area (Å²) in [5.41, 5.74) is 0. The Labute approximate surface area is 126 Å². The number of esters is 2. The fourth-order valence-corrected chi connectivity index (χ4v) is 1.80. The normalized spacial score (nSPS) is 12.1. The Balaban J connectivity index is 4.53. The van der Waals surface area contributed by atoms with Gasteiger partial charge < -0.3 is 14.8 Å². The number of nitrogens with zero attached hydrogens (tertiary/aromatic N) is 1. The van der Waals surface area contributed by atoms with Gasteiger partial charge in [-0.05, 0) is 18.9 Å². The van der Waals surface area contributed by atoms with Crippen LogP contribution < -0.4 is 5.32 Å². The first-order valence-corrected chi connectivity index (χ1v) is 7.00. The summed E-state index contributed by atoms with van der Waals surface area (Å²) < 4.78 is 9.25. The van der Waals surface area contributed by atoms with Gasteiger partial charge in [-0.15, -0.1) is 0 Å². The van der Waals surface area contributed by atoms with Crippen molar-refractivity contribution in [3.63, 3.8) is 0 Å². The summed E-state index contributed by atoms with van der Waals surface area (Å²) in [5.74, 6) is -0.951. The van der Waals surface area contributed by atoms with E-state index in [9.17, 15) is 14.4 Å². The highest BCUT2D eigenvalue weighted by molar-refractivity contribution is 5.85. The van der Waals surface area contributed by atoms with Crippen LogP contribution in [-0.4, -0.2) is 62.6 Å². The Morgan fingerprint density at radius 1 is 1.10 bits per heavy atom. The number of carbonyl (C=O) groups excluding carboxylic acids is 3. The first-order valence-electron chi connectivity index (χ1n) is 7.00. The van der Waals surface area contributed by atoms with Crippen LogP contribution in [0, 0.1) is 5.92 Å². The third kappa shape index (κ3) is 8.29. The van der Waals surface area contributed by atoms with Crippen LogP contribution in [-0.2, 0) is 23.9 Å². The Morgan fingerprint density at radius 2 is 1.71 bits per heavy atom. The molecule has 7 heteroatoms. The summed E-state index contributed by atoms with van der Waals surface area (Å²) in [5, 5.41) is 2.65. The molecule has 0 aliphatic carbocycles. The molecular formula is C14H26N2O5.